The van der Waals surface area contributed by atoms with Crippen molar-refractivity contribution in [3.63, 3.8) is 0 Å². The maximum atomic E-state index is 12.5. The van der Waals surface area contributed by atoms with E-state index < -0.39 is 12.0 Å². The number of amides is 2. The summed E-state index contributed by atoms with van der Waals surface area (Å²) in [6.45, 7) is 2.55. The van der Waals surface area contributed by atoms with E-state index in [1.165, 1.54) is 0 Å². The summed E-state index contributed by atoms with van der Waals surface area (Å²) in [4.78, 5) is 27.9. The third-order valence-electron chi connectivity index (χ3n) is 4.76. The first-order chi connectivity index (χ1) is 13.6. The number of hydrogen-bond acceptors (Lipinski definition) is 3. The molecule has 0 aliphatic carbocycles. The number of carboxylic acids is 1. The SMILES string of the molecule is O=C(O)C(Cc1ccccc1)NC(=O)N1CCN(C=Cc2ccccc2)CC1. The summed E-state index contributed by atoms with van der Waals surface area (Å²) in [6.07, 6.45) is 4.36. The lowest BCUT2D eigenvalue weighted by molar-refractivity contribution is -0.139. The lowest BCUT2D eigenvalue weighted by Crippen LogP contribution is -2.54. The van der Waals surface area contributed by atoms with Gasteiger partial charge >= 0.3 is 12.0 Å². The number of piperazine rings is 1. The third kappa shape index (κ3) is 5.61. The van der Waals surface area contributed by atoms with E-state index in [2.05, 4.69) is 16.3 Å². The summed E-state index contributed by atoms with van der Waals surface area (Å²) in [6, 6.07) is 18.1. The maximum Gasteiger partial charge on any atom is 0.326 e. The summed E-state index contributed by atoms with van der Waals surface area (Å²) in [7, 11) is 0. The summed E-state index contributed by atoms with van der Waals surface area (Å²) in [5.41, 5.74) is 2.01. The fourth-order valence-corrected chi connectivity index (χ4v) is 3.12. The van der Waals surface area contributed by atoms with Gasteiger partial charge in [0.05, 0.1) is 0 Å². The van der Waals surface area contributed by atoms with Crippen molar-refractivity contribution in [2.24, 2.45) is 0 Å². The summed E-state index contributed by atoms with van der Waals surface area (Å²) < 4.78 is 0. The quantitative estimate of drug-likeness (QED) is 0.809. The lowest BCUT2D eigenvalue weighted by atomic mass is 10.1. The van der Waals surface area contributed by atoms with Crippen molar-refractivity contribution in [3.05, 3.63) is 78.0 Å². The Morgan fingerprint density at radius 1 is 0.964 bits per heavy atom. The molecular weight excluding hydrogens is 354 g/mol. The van der Waals surface area contributed by atoms with Crippen molar-refractivity contribution in [1.29, 1.82) is 0 Å². The van der Waals surface area contributed by atoms with Crippen molar-refractivity contribution in [3.8, 4) is 0 Å². The molecule has 2 aromatic rings. The van der Waals surface area contributed by atoms with Gasteiger partial charge in [-0.05, 0) is 23.4 Å². The molecule has 0 bridgehead atoms. The van der Waals surface area contributed by atoms with Gasteiger partial charge in [-0.2, -0.15) is 0 Å². The molecule has 0 spiro atoms. The number of urea groups is 1. The van der Waals surface area contributed by atoms with Crippen LogP contribution in [0.5, 0.6) is 0 Å². The minimum absolute atomic E-state index is 0.266. The number of nitrogens with zero attached hydrogens (tertiary/aromatic N) is 2. The summed E-state index contributed by atoms with van der Waals surface area (Å²) in [5.74, 6) is -1.03. The number of hydrogen-bond donors (Lipinski definition) is 2. The first-order valence-corrected chi connectivity index (χ1v) is 9.41. The number of nitrogens with one attached hydrogen (secondary N) is 1. The molecule has 0 aromatic heterocycles. The van der Waals surface area contributed by atoms with Crippen LogP contribution in [0.25, 0.3) is 6.08 Å². The van der Waals surface area contributed by atoms with Crippen LogP contribution in [0, 0.1) is 0 Å². The fourth-order valence-electron chi connectivity index (χ4n) is 3.12. The zero-order valence-electron chi connectivity index (χ0n) is 15.7. The normalized spacial score (nSPS) is 15.4. The first-order valence-electron chi connectivity index (χ1n) is 9.41. The molecule has 146 valence electrons. The first kappa shape index (κ1) is 19.5. The van der Waals surface area contributed by atoms with Crippen LogP contribution < -0.4 is 5.32 Å². The lowest BCUT2D eigenvalue weighted by Gasteiger charge is -2.34. The Morgan fingerprint density at radius 3 is 2.18 bits per heavy atom. The van der Waals surface area contributed by atoms with Crippen LogP contribution in [0.2, 0.25) is 0 Å². The van der Waals surface area contributed by atoms with Gasteiger partial charge in [0.1, 0.15) is 6.04 Å². The molecule has 6 nitrogen and oxygen atoms in total. The Morgan fingerprint density at radius 2 is 1.57 bits per heavy atom. The Labute approximate surface area is 165 Å². The molecule has 28 heavy (non-hydrogen) atoms. The molecule has 1 heterocycles. The minimum Gasteiger partial charge on any atom is -0.480 e. The number of rotatable bonds is 6. The third-order valence-corrected chi connectivity index (χ3v) is 4.76. The molecule has 1 saturated heterocycles. The highest BCUT2D eigenvalue weighted by Crippen LogP contribution is 2.08. The Kier molecular flexibility index (Phi) is 6.68. The van der Waals surface area contributed by atoms with Gasteiger partial charge in [-0.15, -0.1) is 0 Å². The predicted molar refractivity (Wildman–Crippen MR) is 109 cm³/mol. The van der Waals surface area contributed by atoms with E-state index in [9.17, 15) is 14.7 Å². The molecule has 0 radical (unpaired) electrons. The van der Waals surface area contributed by atoms with Gasteiger partial charge < -0.3 is 20.2 Å². The highest BCUT2D eigenvalue weighted by Gasteiger charge is 2.25. The molecule has 0 saturated carbocycles. The topological polar surface area (TPSA) is 72.9 Å². The number of carbonyl (C=O) groups excluding carboxylic acids is 1. The number of carboxylic acid groups (broad SMARTS) is 1. The van der Waals surface area contributed by atoms with Gasteiger partial charge in [-0.1, -0.05) is 60.7 Å². The predicted octanol–water partition coefficient (Wildman–Crippen LogP) is 2.68. The summed E-state index contributed by atoms with van der Waals surface area (Å²) >= 11 is 0. The molecule has 2 amide bonds. The van der Waals surface area contributed by atoms with Crippen LogP contribution in [-0.4, -0.2) is 59.1 Å². The Hall–Kier alpha value is -3.28. The van der Waals surface area contributed by atoms with Crippen LogP contribution in [0.15, 0.2) is 66.9 Å². The molecule has 6 heteroatoms. The van der Waals surface area contributed by atoms with E-state index in [-0.39, 0.29) is 12.5 Å². The largest absolute Gasteiger partial charge is 0.480 e. The van der Waals surface area contributed by atoms with E-state index in [0.717, 1.165) is 11.1 Å². The summed E-state index contributed by atoms with van der Waals surface area (Å²) in [5, 5.41) is 12.1. The molecule has 2 aromatic carbocycles. The van der Waals surface area contributed by atoms with Gasteiger partial charge in [0.2, 0.25) is 0 Å². The minimum atomic E-state index is -1.03. The zero-order chi connectivity index (χ0) is 19.8. The maximum absolute atomic E-state index is 12.5. The van der Waals surface area contributed by atoms with E-state index in [1.807, 2.05) is 66.9 Å². The standard InChI is InChI=1S/C22H25N3O3/c26-21(27)20(17-19-9-5-2-6-10-19)23-22(28)25-15-13-24(14-16-25)12-11-18-7-3-1-4-8-18/h1-12,20H,13-17H2,(H,23,28)(H,26,27). The van der Waals surface area contributed by atoms with Crippen LogP contribution in [-0.2, 0) is 11.2 Å². The average molecular weight is 379 g/mol. The number of aliphatic carboxylic acids is 1. The van der Waals surface area contributed by atoms with E-state index in [4.69, 9.17) is 0 Å². The molecule has 1 atom stereocenters. The molecule has 3 rings (SSSR count). The van der Waals surface area contributed by atoms with Gasteiger partial charge in [-0.25, -0.2) is 9.59 Å². The van der Waals surface area contributed by atoms with Crippen LogP contribution in [0.4, 0.5) is 4.79 Å². The molecular formula is C22H25N3O3. The average Bonchev–Trinajstić information content (AvgIpc) is 2.73. The van der Waals surface area contributed by atoms with E-state index in [1.54, 1.807) is 4.90 Å². The van der Waals surface area contributed by atoms with Crippen molar-refractivity contribution in [2.45, 2.75) is 12.5 Å². The van der Waals surface area contributed by atoms with Crippen molar-refractivity contribution >= 4 is 18.1 Å². The molecule has 2 N–H and O–H groups in total. The van der Waals surface area contributed by atoms with E-state index in [0.29, 0.717) is 26.2 Å². The fraction of sp³-hybridized carbons (Fsp3) is 0.273. The highest BCUT2D eigenvalue weighted by atomic mass is 16.4. The van der Waals surface area contributed by atoms with Crippen molar-refractivity contribution in [1.82, 2.24) is 15.1 Å². The smallest absolute Gasteiger partial charge is 0.326 e. The van der Waals surface area contributed by atoms with Gasteiger partial charge in [0, 0.05) is 32.6 Å². The molecule has 1 fully saturated rings. The Balaban J connectivity index is 1.49. The van der Waals surface area contributed by atoms with Crippen molar-refractivity contribution < 1.29 is 14.7 Å². The number of carbonyl (C=O) groups is 2. The second kappa shape index (κ2) is 9.60. The van der Waals surface area contributed by atoms with Gasteiger partial charge in [0.25, 0.3) is 0 Å². The second-order valence-electron chi connectivity index (χ2n) is 6.78. The van der Waals surface area contributed by atoms with Gasteiger partial charge in [0.15, 0.2) is 0 Å². The molecule has 1 aliphatic rings. The number of benzene rings is 2. The van der Waals surface area contributed by atoms with Crippen LogP contribution >= 0.6 is 0 Å². The van der Waals surface area contributed by atoms with Crippen molar-refractivity contribution in [2.75, 3.05) is 26.2 Å². The monoisotopic (exact) mass is 379 g/mol. The van der Waals surface area contributed by atoms with Crippen LogP contribution in [0.1, 0.15) is 11.1 Å². The molecule has 1 unspecified atom stereocenters. The highest BCUT2D eigenvalue weighted by molar-refractivity contribution is 5.82. The Bertz CT molecular complexity index is 800. The zero-order valence-corrected chi connectivity index (χ0v) is 15.7. The van der Waals surface area contributed by atoms with Gasteiger partial charge in [-0.3, -0.25) is 0 Å². The second-order valence-corrected chi connectivity index (χ2v) is 6.78. The molecule has 1 aliphatic heterocycles. The van der Waals surface area contributed by atoms with Crippen LogP contribution in [0.3, 0.4) is 0 Å². The van der Waals surface area contributed by atoms with E-state index >= 15 is 0 Å².